The second-order valence-corrected chi connectivity index (χ2v) is 5.38. The van der Waals surface area contributed by atoms with Gasteiger partial charge in [-0.3, -0.25) is 4.90 Å². The molecule has 2 aromatic rings. The summed E-state index contributed by atoms with van der Waals surface area (Å²) in [7, 11) is 0. The third kappa shape index (κ3) is 4.54. The van der Waals surface area contributed by atoms with Gasteiger partial charge in [-0.1, -0.05) is 12.1 Å². The van der Waals surface area contributed by atoms with Gasteiger partial charge in [0.15, 0.2) is 0 Å². The number of morpholine rings is 1. The summed E-state index contributed by atoms with van der Waals surface area (Å²) in [4.78, 5) is 21.2. The maximum Gasteiger partial charge on any atom is 0.319 e. The molecule has 122 valence electrons. The van der Waals surface area contributed by atoms with Crippen LogP contribution in [0.3, 0.4) is 0 Å². The molecule has 3 N–H and O–H groups in total. The third-order valence-electron chi connectivity index (χ3n) is 3.77. The molecule has 1 aliphatic rings. The van der Waals surface area contributed by atoms with Crippen molar-refractivity contribution in [1.82, 2.24) is 20.2 Å². The van der Waals surface area contributed by atoms with Gasteiger partial charge in [0.25, 0.3) is 0 Å². The van der Waals surface area contributed by atoms with Gasteiger partial charge in [0.1, 0.15) is 0 Å². The zero-order chi connectivity index (χ0) is 15.9. The van der Waals surface area contributed by atoms with Crippen LogP contribution in [-0.2, 0) is 4.74 Å². The second kappa shape index (κ2) is 7.75. The highest BCUT2D eigenvalue weighted by atomic mass is 16.5. The Balaban J connectivity index is 1.42. The molecule has 1 aliphatic heterocycles. The van der Waals surface area contributed by atoms with Crippen molar-refractivity contribution >= 4 is 11.7 Å². The Morgan fingerprint density at radius 3 is 2.74 bits per heavy atom. The SMILES string of the molecule is O=C(NCCN1CCOCC1)Nc1ccc(-c2cnc[nH]2)cc1. The van der Waals surface area contributed by atoms with Gasteiger partial charge < -0.3 is 20.4 Å². The lowest BCUT2D eigenvalue weighted by Gasteiger charge is -2.26. The van der Waals surface area contributed by atoms with Crippen molar-refractivity contribution in [3.8, 4) is 11.3 Å². The van der Waals surface area contributed by atoms with Crippen molar-refractivity contribution < 1.29 is 9.53 Å². The zero-order valence-corrected chi connectivity index (χ0v) is 12.9. The van der Waals surface area contributed by atoms with Crippen LogP contribution in [0.5, 0.6) is 0 Å². The van der Waals surface area contributed by atoms with Crippen molar-refractivity contribution in [2.45, 2.75) is 0 Å². The number of hydrogen-bond donors (Lipinski definition) is 3. The van der Waals surface area contributed by atoms with Gasteiger partial charge in [-0.2, -0.15) is 0 Å². The number of H-pyrrole nitrogens is 1. The van der Waals surface area contributed by atoms with E-state index in [4.69, 9.17) is 4.74 Å². The highest BCUT2D eigenvalue weighted by molar-refractivity contribution is 5.89. The van der Waals surface area contributed by atoms with Crippen LogP contribution in [0.25, 0.3) is 11.3 Å². The van der Waals surface area contributed by atoms with Crippen molar-refractivity contribution in [2.75, 3.05) is 44.7 Å². The number of urea groups is 1. The molecule has 0 aliphatic carbocycles. The lowest BCUT2D eigenvalue weighted by atomic mass is 10.1. The summed E-state index contributed by atoms with van der Waals surface area (Å²) in [5, 5.41) is 5.70. The van der Waals surface area contributed by atoms with Crippen molar-refractivity contribution in [1.29, 1.82) is 0 Å². The zero-order valence-electron chi connectivity index (χ0n) is 12.9. The fourth-order valence-corrected chi connectivity index (χ4v) is 2.47. The van der Waals surface area contributed by atoms with Gasteiger partial charge in [0, 0.05) is 31.9 Å². The number of ether oxygens (including phenoxy) is 1. The van der Waals surface area contributed by atoms with E-state index in [1.54, 1.807) is 12.5 Å². The van der Waals surface area contributed by atoms with E-state index in [1.165, 1.54) is 0 Å². The minimum Gasteiger partial charge on any atom is -0.379 e. The number of benzene rings is 1. The minimum atomic E-state index is -0.187. The Morgan fingerprint density at radius 2 is 2.04 bits per heavy atom. The molecule has 7 heteroatoms. The molecule has 2 heterocycles. The monoisotopic (exact) mass is 315 g/mol. The highest BCUT2D eigenvalue weighted by Crippen LogP contribution is 2.18. The summed E-state index contributed by atoms with van der Waals surface area (Å²) in [5.41, 5.74) is 2.74. The molecular formula is C16H21N5O2. The maximum absolute atomic E-state index is 11.9. The molecule has 1 saturated heterocycles. The molecule has 3 rings (SSSR count). The van der Waals surface area contributed by atoms with Crippen LogP contribution < -0.4 is 10.6 Å². The molecular weight excluding hydrogens is 294 g/mol. The number of carbonyl (C=O) groups excluding carboxylic acids is 1. The molecule has 0 saturated carbocycles. The number of nitrogens with zero attached hydrogens (tertiary/aromatic N) is 2. The van der Waals surface area contributed by atoms with Crippen LogP contribution in [0.1, 0.15) is 0 Å². The van der Waals surface area contributed by atoms with Crippen LogP contribution >= 0.6 is 0 Å². The van der Waals surface area contributed by atoms with E-state index >= 15 is 0 Å². The Labute approximate surface area is 135 Å². The minimum absolute atomic E-state index is 0.187. The van der Waals surface area contributed by atoms with E-state index in [-0.39, 0.29) is 6.03 Å². The molecule has 0 atom stereocenters. The number of imidazole rings is 1. The summed E-state index contributed by atoms with van der Waals surface area (Å²) in [6, 6.07) is 7.44. The number of anilines is 1. The first-order valence-electron chi connectivity index (χ1n) is 7.75. The highest BCUT2D eigenvalue weighted by Gasteiger charge is 2.10. The number of amides is 2. The van der Waals surface area contributed by atoms with Crippen LogP contribution in [-0.4, -0.2) is 60.3 Å². The summed E-state index contributed by atoms with van der Waals surface area (Å²) < 4.78 is 5.30. The van der Waals surface area contributed by atoms with Crippen molar-refractivity contribution in [2.24, 2.45) is 0 Å². The van der Waals surface area contributed by atoms with Crippen LogP contribution in [0, 0.1) is 0 Å². The predicted octanol–water partition coefficient (Wildman–Crippen LogP) is 1.53. The van der Waals surface area contributed by atoms with E-state index in [1.807, 2.05) is 24.3 Å². The van der Waals surface area contributed by atoms with E-state index < -0.39 is 0 Å². The molecule has 0 spiro atoms. The van der Waals surface area contributed by atoms with E-state index in [9.17, 15) is 4.79 Å². The summed E-state index contributed by atoms with van der Waals surface area (Å²) >= 11 is 0. The van der Waals surface area contributed by atoms with E-state index in [0.29, 0.717) is 6.54 Å². The number of hydrogen-bond acceptors (Lipinski definition) is 4. The molecule has 7 nitrogen and oxygen atoms in total. The number of rotatable bonds is 5. The predicted molar refractivity (Wildman–Crippen MR) is 88.3 cm³/mol. The largest absolute Gasteiger partial charge is 0.379 e. The summed E-state index contributed by atoms with van der Waals surface area (Å²) in [6.07, 6.45) is 3.41. The topological polar surface area (TPSA) is 82.3 Å². The van der Waals surface area contributed by atoms with Crippen LogP contribution in [0.2, 0.25) is 0 Å². The van der Waals surface area contributed by atoms with Gasteiger partial charge in [-0.25, -0.2) is 9.78 Å². The lowest BCUT2D eigenvalue weighted by Crippen LogP contribution is -2.42. The Bertz CT molecular complexity index is 606. The smallest absolute Gasteiger partial charge is 0.319 e. The summed E-state index contributed by atoms with van der Waals surface area (Å²) in [6.45, 7) is 4.87. The average molecular weight is 315 g/mol. The number of carbonyl (C=O) groups is 1. The third-order valence-corrected chi connectivity index (χ3v) is 3.77. The van der Waals surface area contributed by atoms with Gasteiger partial charge in [-0.15, -0.1) is 0 Å². The first-order valence-corrected chi connectivity index (χ1v) is 7.75. The molecule has 0 radical (unpaired) electrons. The lowest BCUT2D eigenvalue weighted by molar-refractivity contribution is 0.0388. The summed E-state index contributed by atoms with van der Waals surface area (Å²) in [5.74, 6) is 0. The molecule has 23 heavy (non-hydrogen) atoms. The maximum atomic E-state index is 11.9. The molecule has 2 amide bonds. The first-order chi connectivity index (χ1) is 11.3. The van der Waals surface area contributed by atoms with E-state index in [2.05, 4.69) is 25.5 Å². The van der Waals surface area contributed by atoms with Gasteiger partial charge in [0.2, 0.25) is 0 Å². The number of aromatic amines is 1. The normalized spacial score (nSPS) is 15.3. The average Bonchev–Trinajstić information content (AvgIpc) is 3.11. The van der Waals surface area contributed by atoms with Gasteiger partial charge >= 0.3 is 6.03 Å². The van der Waals surface area contributed by atoms with Crippen molar-refractivity contribution in [3.63, 3.8) is 0 Å². The molecule has 0 bridgehead atoms. The Morgan fingerprint density at radius 1 is 1.26 bits per heavy atom. The molecule has 1 aromatic carbocycles. The van der Waals surface area contributed by atoms with E-state index in [0.717, 1.165) is 49.8 Å². The Kier molecular flexibility index (Phi) is 5.23. The van der Waals surface area contributed by atoms with Crippen LogP contribution in [0.4, 0.5) is 10.5 Å². The number of nitrogens with one attached hydrogen (secondary N) is 3. The molecule has 1 aromatic heterocycles. The quantitative estimate of drug-likeness (QED) is 0.781. The Hall–Kier alpha value is -2.38. The first kappa shape index (κ1) is 15.5. The second-order valence-electron chi connectivity index (χ2n) is 5.38. The molecule has 0 unspecified atom stereocenters. The van der Waals surface area contributed by atoms with Crippen molar-refractivity contribution in [3.05, 3.63) is 36.8 Å². The standard InChI is InChI=1S/C16H21N5O2/c22-16(18-5-6-21-7-9-23-10-8-21)20-14-3-1-13(2-4-14)15-11-17-12-19-15/h1-4,11-12H,5-10H2,(H,17,19)(H2,18,20,22). The van der Waals surface area contributed by atoms with Gasteiger partial charge in [-0.05, 0) is 17.7 Å². The molecule has 1 fully saturated rings. The van der Waals surface area contributed by atoms with Crippen LogP contribution in [0.15, 0.2) is 36.8 Å². The fraction of sp³-hybridized carbons (Fsp3) is 0.375. The number of aromatic nitrogens is 2. The van der Waals surface area contributed by atoms with Gasteiger partial charge in [0.05, 0.1) is 31.4 Å². The fourth-order valence-electron chi connectivity index (χ4n) is 2.47.